The Labute approximate surface area is 378 Å². The van der Waals surface area contributed by atoms with Crippen molar-refractivity contribution < 1.29 is 43.3 Å². The number of para-hydroxylation sites is 3. The van der Waals surface area contributed by atoms with Crippen LogP contribution in [0.25, 0.3) is 32.7 Å². The number of pyridine rings is 2. The predicted molar refractivity (Wildman–Crippen MR) is 249 cm³/mol. The van der Waals surface area contributed by atoms with E-state index in [9.17, 15) is 48.6 Å². The zero-order valence-corrected chi connectivity index (χ0v) is 37.2. The third kappa shape index (κ3) is 15.1. The molecule has 18 heteroatoms. The van der Waals surface area contributed by atoms with Gasteiger partial charge in [0.05, 0.1) is 35.2 Å². The number of aromatic amines is 3. The van der Waals surface area contributed by atoms with Crippen molar-refractivity contribution in [1.82, 2.24) is 20.3 Å². The first kappa shape index (κ1) is 51.3. The normalized spacial score (nSPS) is 13.5. The SMILES string of the molecule is CCOC(=O)CC(C)=O.CCOC(=O)c1c(O)c2ccccc2[nH]c1=O.NC1CCCCC1.O=C(NC1CCCCC1)c1c(O)c2ccccc2[nH]c1=O.O=c1[nH]c2ccccc2c(=O)o1. The number of aromatic hydroxyl groups is 2. The second-order valence-electron chi connectivity index (χ2n) is 15.4. The molecule has 18 nitrogen and oxygen atoms in total. The minimum Gasteiger partial charge on any atom is -0.506 e. The second kappa shape index (κ2) is 25.8. The number of nitrogens with one attached hydrogen (secondary N) is 4. The number of carbonyl (C=O) groups is 4. The summed E-state index contributed by atoms with van der Waals surface area (Å²) in [5.41, 5.74) is 4.77. The van der Waals surface area contributed by atoms with Crippen LogP contribution in [0.15, 0.2) is 96.4 Å². The number of nitrogens with two attached hydrogens (primary N) is 1. The molecule has 6 aromatic rings. The molecule has 2 aliphatic carbocycles. The first-order chi connectivity index (χ1) is 31.6. The number of benzene rings is 3. The Morgan fingerprint density at radius 2 is 1.11 bits per heavy atom. The van der Waals surface area contributed by atoms with Crippen molar-refractivity contribution in [3.8, 4) is 11.5 Å². The fourth-order valence-corrected chi connectivity index (χ4v) is 7.15. The highest BCUT2D eigenvalue weighted by Gasteiger charge is 2.23. The van der Waals surface area contributed by atoms with Crippen molar-refractivity contribution in [3.63, 3.8) is 0 Å². The zero-order valence-electron chi connectivity index (χ0n) is 37.2. The Kier molecular flexibility index (Phi) is 20.1. The first-order valence-electron chi connectivity index (χ1n) is 21.8. The van der Waals surface area contributed by atoms with Crippen LogP contribution in [-0.4, -0.2) is 74.1 Å². The number of aromatic nitrogens is 3. The number of Topliss-reactive ketones (excluding diaryl/α,β-unsaturated/α-hetero) is 1. The summed E-state index contributed by atoms with van der Waals surface area (Å²) in [5.74, 6) is -3.23. The number of rotatable bonds is 7. The molecular formula is C48H57N5O13. The molecule has 2 saturated carbocycles. The van der Waals surface area contributed by atoms with E-state index in [1.54, 1.807) is 86.6 Å². The number of H-pyrrole nitrogens is 3. The van der Waals surface area contributed by atoms with Gasteiger partial charge in [-0.05, 0) is 82.9 Å². The molecule has 3 heterocycles. The van der Waals surface area contributed by atoms with E-state index in [0.29, 0.717) is 45.4 Å². The maximum absolute atomic E-state index is 12.3. The summed E-state index contributed by atoms with van der Waals surface area (Å²) < 4.78 is 13.5. The third-order valence-electron chi connectivity index (χ3n) is 10.4. The molecule has 1 amide bonds. The number of ether oxygens (including phenoxy) is 2. The monoisotopic (exact) mass is 911 g/mol. The number of esters is 2. The van der Waals surface area contributed by atoms with Crippen molar-refractivity contribution in [2.45, 2.75) is 103 Å². The summed E-state index contributed by atoms with van der Waals surface area (Å²) in [4.78, 5) is 97.5. The maximum atomic E-state index is 12.3. The summed E-state index contributed by atoms with van der Waals surface area (Å²) >= 11 is 0. The van der Waals surface area contributed by atoms with Crippen LogP contribution in [0.1, 0.15) is 112 Å². The van der Waals surface area contributed by atoms with Gasteiger partial charge in [0.1, 0.15) is 29.3 Å². The number of hydrogen-bond acceptors (Lipinski definition) is 14. The lowest BCUT2D eigenvalue weighted by Gasteiger charge is -2.22. The van der Waals surface area contributed by atoms with Gasteiger partial charge in [-0.1, -0.05) is 74.9 Å². The summed E-state index contributed by atoms with van der Waals surface area (Å²) in [6.07, 6.45) is 11.8. The van der Waals surface area contributed by atoms with E-state index in [2.05, 4.69) is 29.4 Å². The molecule has 3 aromatic carbocycles. The number of carbonyl (C=O) groups excluding carboxylic acids is 4. The van der Waals surface area contributed by atoms with E-state index in [4.69, 9.17) is 10.5 Å². The van der Waals surface area contributed by atoms with Gasteiger partial charge in [0.2, 0.25) is 0 Å². The molecule has 3 aromatic heterocycles. The quantitative estimate of drug-likeness (QED) is 0.0715. The van der Waals surface area contributed by atoms with Gasteiger partial charge in [0.25, 0.3) is 17.0 Å². The zero-order chi connectivity index (χ0) is 48.2. The molecule has 0 saturated heterocycles. The van der Waals surface area contributed by atoms with E-state index < -0.39 is 40.3 Å². The van der Waals surface area contributed by atoms with Crippen LogP contribution in [0, 0.1) is 0 Å². The van der Waals surface area contributed by atoms with Gasteiger partial charge in [-0.3, -0.25) is 29.0 Å². The van der Waals surface area contributed by atoms with Gasteiger partial charge in [0.15, 0.2) is 5.56 Å². The van der Waals surface area contributed by atoms with E-state index in [1.165, 1.54) is 45.4 Å². The molecule has 0 radical (unpaired) electrons. The van der Waals surface area contributed by atoms with Gasteiger partial charge in [-0.25, -0.2) is 14.4 Å². The minimum atomic E-state index is -0.822. The topological polar surface area (TPSA) is 294 Å². The fraction of sp³-hybridized carbons (Fsp3) is 0.375. The predicted octanol–water partition coefficient (Wildman–Crippen LogP) is 5.99. The van der Waals surface area contributed by atoms with E-state index in [0.717, 1.165) is 25.7 Å². The Morgan fingerprint density at radius 3 is 1.59 bits per heavy atom. The standard InChI is InChI=1S/C16H18N2O3.C12H11NO4.C8H5NO3.C6H13N.C6H10O3/c19-14-11-8-4-5-9-12(11)18-16(21)13(14)15(20)17-10-6-2-1-3-7-10;1-2-17-12(16)9-10(14)7-5-3-4-6-8(7)13-11(9)15;10-7-5-3-1-2-4-6(5)9-8(11)12-7;7-6-4-2-1-3-5-6;1-3-9-6(8)4-5(2)7/h4-5,8-10H,1-3,6-7H2,(H,17,20)(H2,18,19,21);3-6H,2H2,1H3,(H2,13,14,15);1-4H,(H,9,11);6H,1-5,7H2;3-4H2,1-2H3. The second-order valence-corrected chi connectivity index (χ2v) is 15.4. The molecule has 8 rings (SSSR count). The van der Waals surface area contributed by atoms with Gasteiger partial charge in [-0.15, -0.1) is 0 Å². The van der Waals surface area contributed by atoms with Crippen molar-refractivity contribution in [2.75, 3.05) is 13.2 Å². The van der Waals surface area contributed by atoms with Crippen LogP contribution < -0.4 is 33.6 Å². The van der Waals surface area contributed by atoms with Gasteiger partial charge < -0.3 is 45.1 Å². The summed E-state index contributed by atoms with van der Waals surface area (Å²) in [7, 11) is 0. The van der Waals surface area contributed by atoms with Crippen LogP contribution in [0.5, 0.6) is 11.5 Å². The fourth-order valence-electron chi connectivity index (χ4n) is 7.15. The van der Waals surface area contributed by atoms with Crippen molar-refractivity contribution in [1.29, 1.82) is 0 Å². The van der Waals surface area contributed by atoms with E-state index in [1.807, 2.05) is 0 Å². The molecule has 0 bridgehead atoms. The molecule has 8 N–H and O–H groups in total. The molecule has 2 fully saturated rings. The minimum absolute atomic E-state index is 0.0940. The van der Waals surface area contributed by atoms with Crippen molar-refractivity contribution >= 4 is 56.3 Å². The molecule has 0 aliphatic heterocycles. The van der Waals surface area contributed by atoms with Gasteiger partial charge in [0, 0.05) is 22.9 Å². The smallest absolute Gasteiger partial charge is 0.419 e. The van der Waals surface area contributed by atoms with E-state index in [-0.39, 0.29) is 47.5 Å². The third-order valence-corrected chi connectivity index (χ3v) is 10.4. The van der Waals surface area contributed by atoms with Gasteiger partial charge in [-0.2, -0.15) is 0 Å². The molecule has 66 heavy (non-hydrogen) atoms. The number of fused-ring (bicyclic) bond motifs is 3. The number of amides is 1. The Balaban J connectivity index is 0.000000190. The average molecular weight is 912 g/mol. The summed E-state index contributed by atoms with van der Waals surface area (Å²) in [5, 5.41) is 24.3. The highest BCUT2D eigenvalue weighted by molar-refractivity contribution is 6.02. The molecule has 0 unspecified atom stereocenters. The van der Waals surface area contributed by atoms with E-state index >= 15 is 0 Å². The largest absolute Gasteiger partial charge is 0.506 e. The lowest BCUT2D eigenvalue weighted by molar-refractivity contribution is -0.145. The first-order valence-corrected chi connectivity index (χ1v) is 21.8. The molecule has 0 spiro atoms. The van der Waals surface area contributed by atoms with Crippen LogP contribution in [0.2, 0.25) is 0 Å². The van der Waals surface area contributed by atoms with Gasteiger partial charge >= 0.3 is 23.3 Å². The maximum Gasteiger partial charge on any atom is 0.419 e. The summed E-state index contributed by atoms with van der Waals surface area (Å²) in [6.45, 7) is 5.18. The molecule has 0 atom stereocenters. The molecular weight excluding hydrogens is 855 g/mol. The average Bonchev–Trinajstić information content (AvgIpc) is 3.28. The summed E-state index contributed by atoms with van der Waals surface area (Å²) in [6, 6.07) is 20.9. The highest BCUT2D eigenvalue weighted by Crippen LogP contribution is 2.26. The lowest BCUT2D eigenvalue weighted by Crippen LogP contribution is -2.38. The van der Waals surface area contributed by atoms with Crippen LogP contribution >= 0.6 is 0 Å². The van der Waals surface area contributed by atoms with Crippen molar-refractivity contribution in [3.05, 3.63) is 126 Å². The Morgan fingerprint density at radius 1 is 0.652 bits per heavy atom. The molecule has 352 valence electrons. The highest BCUT2D eigenvalue weighted by atomic mass is 16.5. The lowest BCUT2D eigenvalue weighted by atomic mass is 9.95. The Bertz CT molecular complexity index is 2830. The van der Waals surface area contributed by atoms with Crippen LogP contribution in [-0.2, 0) is 19.1 Å². The van der Waals surface area contributed by atoms with Crippen LogP contribution in [0.3, 0.4) is 0 Å². The van der Waals surface area contributed by atoms with Crippen molar-refractivity contribution in [2.24, 2.45) is 5.73 Å². The van der Waals surface area contributed by atoms with Crippen LogP contribution in [0.4, 0.5) is 0 Å². The molecule has 2 aliphatic rings. The number of ketones is 1. The Hall–Kier alpha value is -7.34. The number of hydrogen-bond donors (Lipinski definition) is 7.